The van der Waals surface area contributed by atoms with Crippen LogP contribution in [0.3, 0.4) is 0 Å². The highest BCUT2D eigenvalue weighted by atomic mass is 35.5. The maximum absolute atomic E-state index is 6.07. The molecule has 0 amide bonds. The summed E-state index contributed by atoms with van der Waals surface area (Å²) in [5.41, 5.74) is 2.06. The van der Waals surface area contributed by atoms with Gasteiger partial charge in [0.25, 0.3) is 0 Å². The van der Waals surface area contributed by atoms with Gasteiger partial charge in [-0.25, -0.2) is 4.98 Å². The molecule has 1 aromatic carbocycles. The summed E-state index contributed by atoms with van der Waals surface area (Å²) >= 11 is 6.07. The van der Waals surface area contributed by atoms with Crippen molar-refractivity contribution in [2.24, 2.45) is 0 Å². The van der Waals surface area contributed by atoms with E-state index in [0.29, 0.717) is 5.88 Å². The Hall–Kier alpha value is -1.22. The van der Waals surface area contributed by atoms with Crippen LogP contribution in [0.1, 0.15) is 39.4 Å². The number of imidazole rings is 1. The van der Waals surface area contributed by atoms with E-state index in [4.69, 9.17) is 16.3 Å². The average Bonchev–Trinajstić information content (AvgIpc) is 2.76. The molecule has 19 heavy (non-hydrogen) atoms. The summed E-state index contributed by atoms with van der Waals surface area (Å²) in [7, 11) is 1.68. The first-order valence-corrected chi connectivity index (χ1v) is 7.18. The molecule has 0 radical (unpaired) electrons. The number of benzene rings is 1. The number of alkyl halides is 1. The Labute approximate surface area is 119 Å². The fourth-order valence-corrected chi connectivity index (χ4v) is 2.90. The largest absolute Gasteiger partial charge is 0.497 e. The molecule has 0 spiro atoms. The molecule has 4 heteroatoms. The molecule has 0 atom stereocenters. The van der Waals surface area contributed by atoms with Gasteiger partial charge in [-0.3, -0.25) is 0 Å². The smallest absolute Gasteiger partial charge is 0.125 e. The van der Waals surface area contributed by atoms with E-state index in [1.54, 1.807) is 7.11 Å². The topological polar surface area (TPSA) is 27.1 Å². The van der Waals surface area contributed by atoms with Crippen molar-refractivity contribution in [1.82, 2.24) is 9.55 Å². The summed E-state index contributed by atoms with van der Waals surface area (Å²) in [6.45, 7) is 6.65. The minimum Gasteiger partial charge on any atom is -0.497 e. The van der Waals surface area contributed by atoms with Crippen molar-refractivity contribution >= 4 is 22.6 Å². The lowest BCUT2D eigenvalue weighted by atomic mass is 9.98. The number of methoxy groups -OCH3 is 1. The summed E-state index contributed by atoms with van der Waals surface area (Å²) in [5, 5.41) is 0. The van der Waals surface area contributed by atoms with E-state index in [2.05, 4.69) is 30.3 Å². The highest BCUT2D eigenvalue weighted by molar-refractivity contribution is 6.16. The molecule has 2 rings (SSSR count). The Kier molecular flexibility index (Phi) is 4.04. The van der Waals surface area contributed by atoms with Crippen molar-refractivity contribution < 1.29 is 4.74 Å². The lowest BCUT2D eigenvalue weighted by Crippen LogP contribution is -2.27. The van der Waals surface area contributed by atoms with Gasteiger partial charge in [0.1, 0.15) is 11.6 Å². The third-order valence-corrected chi connectivity index (χ3v) is 3.76. The monoisotopic (exact) mass is 280 g/mol. The molecule has 0 saturated carbocycles. The first-order valence-electron chi connectivity index (χ1n) is 6.65. The Balaban J connectivity index is 2.67. The molecule has 0 bridgehead atoms. The van der Waals surface area contributed by atoms with Crippen molar-refractivity contribution in [3.05, 3.63) is 24.0 Å². The fourth-order valence-electron chi connectivity index (χ4n) is 2.72. The van der Waals surface area contributed by atoms with E-state index in [1.165, 1.54) is 0 Å². The standard InChI is InChI=1S/C15H21ClN2O/c1-5-8-15(2,3)18-13-9-11(19-4)6-7-12(13)17-14(18)10-16/h6-7,9H,5,8,10H2,1-4H3. The van der Waals surface area contributed by atoms with Gasteiger partial charge in [0.15, 0.2) is 0 Å². The van der Waals surface area contributed by atoms with E-state index in [-0.39, 0.29) is 5.54 Å². The van der Waals surface area contributed by atoms with Gasteiger partial charge in [0.05, 0.1) is 24.0 Å². The minimum atomic E-state index is 0.0000874. The van der Waals surface area contributed by atoms with Crippen molar-refractivity contribution in [2.75, 3.05) is 7.11 Å². The number of aromatic nitrogens is 2. The zero-order valence-electron chi connectivity index (χ0n) is 12.0. The van der Waals surface area contributed by atoms with Crippen LogP contribution in [0, 0.1) is 0 Å². The van der Waals surface area contributed by atoms with Crippen molar-refractivity contribution in [1.29, 1.82) is 0 Å². The Morgan fingerprint density at radius 1 is 1.37 bits per heavy atom. The molecule has 0 unspecified atom stereocenters. The SMILES string of the molecule is CCCC(C)(C)n1c(CCl)nc2ccc(OC)cc21. The number of hydrogen-bond acceptors (Lipinski definition) is 2. The molecular formula is C15H21ClN2O. The summed E-state index contributed by atoms with van der Waals surface area (Å²) in [6.07, 6.45) is 2.21. The van der Waals surface area contributed by atoms with Gasteiger partial charge in [0.2, 0.25) is 0 Å². The van der Waals surface area contributed by atoms with Gasteiger partial charge >= 0.3 is 0 Å². The van der Waals surface area contributed by atoms with E-state index >= 15 is 0 Å². The van der Waals surface area contributed by atoms with Gasteiger partial charge in [-0.15, -0.1) is 11.6 Å². The Morgan fingerprint density at radius 2 is 2.11 bits per heavy atom. The number of nitrogens with zero attached hydrogens (tertiary/aromatic N) is 2. The molecular weight excluding hydrogens is 260 g/mol. The van der Waals surface area contributed by atoms with Crippen LogP contribution in [0.25, 0.3) is 11.0 Å². The molecule has 1 aromatic heterocycles. The van der Waals surface area contributed by atoms with Gasteiger partial charge in [-0.1, -0.05) is 13.3 Å². The van der Waals surface area contributed by atoms with Crippen LogP contribution in [0.5, 0.6) is 5.75 Å². The van der Waals surface area contributed by atoms with Crippen LogP contribution in [0.15, 0.2) is 18.2 Å². The number of rotatable bonds is 5. The van der Waals surface area contributed by atoms with Gasteiger partial charge < -0.3 is 9.30 Å². The second-order valence-electron chi connectivity index (χ2n) is 5.41. The van der Waals surface area contributed by atoms with E-state index in [1.807, 2.05) is 18.2 Å². The molecule has 0 aliphatic carbocycles. The lowest BCUT2D eigenvalue weighted by Gasteiger charge is -2.29. The number of ether oxygens (including phenoxy) is 1. The lowest BCUT2D eigenvalue weighted by molar-refractivity contribution is 0.326. The Morgan fingerprint density at radius 3 is 2.68 bits per heavy atom. The molecule has 1 heterocycles. The first-order chi connectivity index (χ1) is 9.03. The molecule has 0 aliphatic heterocycles. The van der Waals surface area contributed by atoms with Crippen molar-refractivity contribution in [3.8, 4) is 5.75 Å². The van der Waals surface area contributed by atoms with Crippen LogP contribution in [-0.4, -0.2) is 16.7 Å². The molecule has 0 aliphatic rings. The number of halogens is 1. The maximum Gasteiger partial charge on any atom is 0.125 e. The second kappa shape index (κ2) is 5.41. The normalized spacial score (nSPS) is 12.1. The number of fused-ring (bicyclic) bond motifs is 1. The molecule has 0 saturated heterocycles. The van der Waals surface area contributed by atoms with Crippen LogP contribution < -0.4 is 4.74 Å². The quantitative estimate of drug-likeness (QED) is 0.763. The van der Waals surface area contributed by atoms with Gasteiger partial charge in [-0.05, 0) is 32.4 Å². The van der Waals surface area contributed by atoms with Crippen molar-refractivity contribution in [3.63, 3.8) is 0 Å². The van der Waals surface area contributed by atoms with Gasteiger partial charge in [-0.2, -0.15) is 0 Å². The zero-order chi connectivity index (χ0) is 14.0. The molecule has 3 nitrogen and oxygen atoms in total. The first kappa shape index (κ1) is 14.2. The second-order valence-corrected chi connectivity index (χ2v) is 5.68. The van der Waals surface area contributed by atoms with Crippen molar-refractivity contribution in [2.45, 2.75) is 45.0 Å². The Bertz CT molecular complexity index is 575. The zero-order valence-corrected chi connectivity index (χ0v) is 12.8. The third-order valence-electron chi connectivity index (χ3n) is 3.52. The highest BCUT2D eigenvalue weighted by Crippen LogP contribution is 2.31. The summed E-state index contributed by atoms with van der Waals surface area (Å²) in [4.78, 5) is 4.63. The van der Waals surface area contributed by atoms with E-state index < -0.39 is 0 Å². The van der Waals surface area contributed by atoms with Crippen LogP contribution in [0.2, 0.25) is 0 Å². The molecule has 2 aromatic rings. The van der Waals surface area contributed by atoms with E-state index in [0.717, 1.165) is 35.4 Å². The molecule has 0 N–H and O–H groups in total. The number of hydrogen-bond donors (Lipinski definition) is 0. The van der Waals surface area contributed by atoms with E-state index in [9.17, 15) is 0 Å². The predicted molar refractivity (Wildman–Crippen MR) is 80.1 cm³/mol. The highest BCUT2D eigenvalue weighted by Gasteiger charge is 2.25. The maximum atomic E-state index is 6.07. The van der Waals surface area contributed by atoms with Crippen LogP contribution in [0.4, 0.5) is 0 Å². The fraction of sp³-hybridized carbons (Fsp3) is 0.533. The summed E-state index contributed by atoms with van der Waals surface area (Å²) in [6, 6.07) is 5.96. The predicted octanol–water partition coefficient (Wildman–Crippen LogP) is 4.32. The minimum absolute atomic E-state index is 0.0000874. The van der Waals surface area contributed by atoms with Crippen LogP contribution in [-0.2, 0) is 11.4 Å². The third kappa shape index (κ3) is 2.57. The summed E-state index contributed by atoms with van der Waals surface area (Å²) in [5.74, 6) is 2.19. The molecule has 0 fully saturated rings. The molecule has 104 valence electrons. The van der Waals surface area contributed by atoms with Crippen LogP contribution >= 0.6 is 11.6 Å². The summed E-state index contributed by atoms with van der Waals surface area (Å²) < 4.78 is 7.57. The average molecular weight is 281 g/mol. The van der Waals surface area contributed by atoms with Gasteiger partial charge in [0, 0.05) is 11.6 Å².